The molecule has 0 saturated carbocycles. The largest absolute Gasteiger partial charge is 0.481 e. The van der Waals surface area contributed by atoms with E-state index >= 15 is 0 Å². The van der Waals surface area contributed by atoms with Crippen molar-refractivity contribution in [1.29, 1.82) is 0 Å². The fourth-order valence-electron chi connectivity index (χ4n) is 1.41. The van der Waals surface area contributed by atoms with Gasteiger partial charge < -0.3 is 20.0 Å². The third-order valence-electron chi connectivity index (χ3n) is 2.16. The van der Waals surface area contributed by atoms with Crippen LogP contribution in [-0.4, -0.2) is 22.6 Å². The topological polar surface area (TPSA) is 103 Å². The highest BCUT2D eigenvalue weighted by Gasteiger charge is 2.38. The lowest BCUT2D eigenvalue weighted by Gasteiger charge is -2.24. The molecule has 0 saturated heterocycles. The van der Waals surface area contributed by atoms with Gasteiger partial charge >= 0.3 is 11.9 Å². The van der Waals surface area contributed by atoms with Gasteiger partial charge in [0.05, 0.1) is 12.3 Å². The molecule has 1 aromatic heterocycles. The van der Waals surface area contributed by atoms with Crippen LogP contribution in [0.2, 0.25) is 0 Å². The Hall–Kier alpha value is -1.82. The molecule has 1 heterocycles. The molecule has 100 valence electrons. The van der Waals surface area contributed by atoms with Crippen LogP contribution in [0.4, 0.5) is 0 Å². The number of aliphatic carboxylic acids is 1. The molecule has 6 nitrogen and oxygen atoms in total. The van der Waals surface area contributed by atoms with E-state index in [4.69, 9.17) is 20.0 Å². The minimum atomic E-state index is -1.49. The monoisotopic (exact) mass is 255 g/mol. The Labute approximate surface area is 105 Å². The summed E-state index contributed by atoms with van der Waals surface area (Å²) in [7, 11) is 0. The van der Waals surface area contributed by atoms with Gasteiger partial charge in [0, 0.05) is 0 Å². The second kappa shape index (κ2) is 5.22. The van der Waals surface area contributed by atoms with Crippen molar-refractivity contribution in [1.82, 2.24) is 0 Å². The van der Waals surface area contributed by atoms with Gasteiger partial charge in [-0.2, -0.15) is 0 Å². The van der Waals surface area contributed by atoms with E-state index in [1.165, 1.54) is 12.3 Å². The van der Waals surface area contributed by atoms with Gasteiger partial charge in [0.25, 0.3) is 0 Å². The second-order valence-corrected chi connectivity index (χ2v) is 4.89. The van der Waals surface area contributed by atoms with E-state index < -0.39 is 29.5 Å². The zero-order valence-corrected chi connectivity index (χ0v) is 10.5. The van der Waals surface area contributed by atoms with Crippen molar-refractivity contribution in [2.45, 2.75) is 32.4 Å². The minimum absolute atomic E-state index is 0.230. The van der Waals surface area contributed by atoms with Crippen LogP contribution in [0.5, 0.6) is 0 Å². The van der Waals surface area contributed by atoms with Gasteiger partial charge in [-0.05, 0) is 32.9 Å². The van der Waals surface area contributed by atoms with E-state index in [0.717, 1.165) is 0 Å². The molecule has 0 aliphatic rings. The zero-order valence-electron chi connectivity index (χ0n) is 10.5. The Bertz CT molecular complexity index is 418. The number of esters is 1. The van der Waals surface area contributed by atoms with Crippen LogP contribution in [-0.2, 0) is 14.3 Å². The number of rotatable bonds is 4. The van der Waals surface area contributed by atoms with Crippen LogP contribution >= 0.6 is 0 Å². The van der Waals surface area contributed by atoms with Crippen molar-refractivity contribution in [3.05, 3.63) is 24.2 Å². The van der Waals surface area contributed by atoms with E-state index in [-0.39, 0.29) is 5.76 Å². The van der Waals surface area contributed by atoms with Crippen molar-refractivity contribution < 1.29 is 23.8 Å². The summed E-state index contributed by atoms with van der Waals surface area (Å²) in [4.78, 5) is 23.0. The van der Waals surface area contributed by atoms with Gasteiger partial charge in [-0.1, -0.05) is 0 Å². The SMILES string of the molecule is CC(C)(C)OC(=O)[C@@H](C(=O)O)C(N)c1ccco1. The highest BCUT2D eigenvalue weighted by molar-refractivity contribution is 5.95. The lowest BCUT2D eigenvalue weighted by Crippen LogP contribution is -2.39. The smallest absolute Gasteiger partial charge is 0.322 e. The molecule has 1 unspecified atom stereocenters. The number of hydrogen-bond acceptors (Lipinski definition) is 5. The fourth-order valence-corrected chi connectivity index (χ4v) is 1.41. The van der Waals surface area contributed by atoms with Crippen LogP contribution in [0.15, 0.2) is 22.8 Å². The first-order chi connectivity index (χ1) is 8.22. The Morgan fingerprint density at radius 1 is 1.44 bits per heavy atom. The van der Waals surface area contributed by atoms with Crippen LogP contribution in [0.25, 0.3) is 0 Å². The molecule has 6 heteroatoms. The molecule has 0 aliphatic heterocycles. The number of ether oxygens (including phenoxy) is 1. The summed E-state index contributed by atoms with van der Waals surface area (Å²) in [6, 6.07) is 2.01. The quantitative estimate of drug-likeness (QED) is 0.621. The molecule has 1 rings (SSSR count). The predicted octanol–water partition coefficient (Wildman–Crippen LogP) is 1.32. The van der Waals surface area contributed by atoms with E-state index in [1.807, 2.05) is 0 Å². The molecule has 0 fully saturated rings. The average Bonchev–Trinajstić information content (AvgIpc) is 2.65. The summed E-state index contributed by atoms with van der Waals surface area (Å²) in [5, 5.41) is 9.09. The van der Waals surface area contributed by atoms with E-state index in [9.17, 15) is 9.59 Å². The van der Waals surface area contributed by atoms with Crippen molar-refractivity contribution >= 4 is 11.9 Å². The zero-order chi connectivity index (χ0) is 13.9. The van der Waals surface area contributed by atoms with Gasteiger partial charge in [-0.3, -0.25) is 9.59 Å². The minimum Gasteiger partial charge on any atom is -0.481 e. The van der Waals surface area contributed by atoms with Gasteiger partial charge in [-0.25, -0.2) is 0 Å². The lowest BCUT2D eigenvalue weighted by molar-refractivity contribution is -0.168. The van der Waals surface area contributed by atoms with E-state index in [2.05, 4.69) is 0 Å². The number of hydrogen-bond donors (Lipinski definition) is 2. The highest BCUT2D eigenvalue weighted by atomic mass is 16.6. The Kier molecular flexibility index (Phi) is 4.13. The Morgan fingerprint density at radius 3 is 2.44 bits per heavy atom. The normalized spacial score (nSPS) is 14.9. The standard InChI is InChI=1S/C12H17NO5/c1-12(2,3)18-11(16)8(10(14)15)9(13)7-5-4-6-17-7/h4-6,8-9H,13H2,1-3H3,(H,14,15)/t8-,9?/m1/s1. The molecule has 0 aromatic carbocycles. The molecule has 0 radical (unpaired) electrons. The summed E-state index contributed by atoms with van der Waals surface area (Å²) < 4.78 is 10.0. The van der Waals surface area contributed by atoms with Crippen molar-refractivity contribution in [2.24, 2.45) is 11.7 Å². The van der Waals surface area contributed by atoms with Crippen molar-refractivity contribution in [3.8, 4) is 0 Å². The van der Waals surface area contributed by atoms with Crippen LogP contribution in [0.3, 0.4) is 0 Å². The summed E-state index contributed by atoms with van der Waals surface area (Å²) in [5.41, 5.74) is 4.96. The highest BCUT2D eigenvalue weighted by Crippen LogP contribution is 2.23. The Balaban J connectivity index is 2.90. The van der Waals surface area contributed by atoms with Gasteiger partial charge in [0.2, 0.25) is 0 Å². The molecule has 2 atom stereocenters. The summed E-state index contributed by atoms with van der Waals surface area (Å²) in [6.45, 7) is 4.96. The molecule has 18 heavy (non-hydrogen) atoms. The molecule has 0 aliphatic carbocycles. The first-order valence-electron chi connectivity index (χ1n) is 5.47. The summed E-state index contributed by atoms with van der Waals surface area (Å²) >= 11 is 0. The van der Waals surface area contributed by atoms with Crippen molar-refractivity contribution in [3.63, 3.8) is 0 Å². The third kappa shape index (κ3) is 3.59. The number of carboxylic acid groups (broad SMARTS) is 1. The van der Waals surface area contributed by atoms with Crippen LogP contribution < -0.4 is 5.73 Å². The number of carboxylic acids is 1. The summed E-state index contributed by atoms with van der Waals surface area (Å²) in [6.07, 6.45) is 1.36. The predicted molar refractivity (Wildman–Crippen MR) is 62.6 cm³/mol. The maximum Gasteiger partial charge on any atom is 0.322 e. The number of carbonyl (C=O) groups is 2. The molecule has 0 spiro atoms. The number of furan rings is 1. The molecule has 1 aromatic rings. The molecule has 3 N–H and O–H groups in total. The maximum atomic E-state index is 11.8. The second-order valence-electron chi connectivity index (χ2n) is 4.89. The molecule has 0 amide bonds. The number of nitrogens with two attached hydrogens (primary N) is 1. The van der Waals surface area contributed by atoms with E-state index in [0.29, 0.717) is 0 Å². The first-order valence-corrected chi connectivity index (χ1v) is 5.47. The van der Waals surface area contributed by atoms with Gasteiger partial charge in [-0.15, -0.1) is 0 Å². The van der Waals surface area contributed by atoms with Crippen molar-refractivity contribution in [2.75, 3.05) is 0 Å². The third-order valence-corrected chi connectivity index (χ3v) is 2.16. The number of carbonyl (C=O) groups excluding carboxylic acids is 1. The van der Waals surface area contributed by atoms with E-state index in [1.54, 1.807) is 26.8 Å². The van der Waals surface area contributed by atoms with Gasteiger partial charge in [0.15, 0.2) is 5.92 Å². The summed E-state index contributed by atoms with van der Waals surface area (Å²) in [5.74, 6) is -3.48. The lowest BCUT2D eigenvalue weighted by atomic mass is 9.98. The van der Waals surface area contributed by atoms with Crippen LogP contribution in [0.1, 0.15) is 32.6 Å². The maximum absolute atomic E-state index is 11.8. The Morgan fingerprint density at radius 2 is 2.06 bits per heavy atom. The van der Waals surface area contributed by atoms with Crippen LogP contribution in [0, 0.1) is 5.92 Å². The molecular formula is C12H17NO5. The molecule has 0 bridgehead atoms. The average molecular weight is 255 g/mol. The first kappa shape index (κ1) is 14.2. The fraction of sp³-hybridized carbons (Fsp3) is 0.500. The molecular weight excluding hydrogens is 238 g/mol. The van der Waals surface area contributed by atoms with Gasteiger partial charge in [0.1, 0.15) is 11.4 Å².